The van der Waals surface area contributed by atoms with E-state index in [-0.39, 0.29) is 11.8 Å². The predicted octanol–water partition coefficient (Wildman–Crippen LogP) is 4.06. The van der Waals surface area contributed by atoms with Gasteiger partial charge in [0, 0.05) is 43.5 Å². The van der Waals surface area contributed by atoms with Crippen LogP contribution in [-0.2, 0) is 14.8 Å². The zero-order valence-electron chi connectivity index (χ0n) is 17.1. The molecule has 0 aromatic heterocycles. The van der Waals surface area contributed by atoms with E-state index in [0.717, 1.165) is 11.3 Å². The molecule has 1 heterocycles. The van der Waals surface area contributed by atoms with Gasteiger partial charge in [0.1, 0.15) is 0 Å². The number of anilines is 2. The Hall–Kier alpha value is -2.35. The standard InChI is InChI=1S/C22H26ClN3O3S/c1-25(2)21-9-8-19(23)16-20(21)24-22(27)18-10-13-26(14-11-18)30(28,29)15-12-17-6-4-3-5-7-17/h3-9,12,15-16,18H,10-11,13-14H2,1-2H3,(H,24,27)/b15-12+. The molecule has 8 heteroatoms. The first-order valence-electron chi connectivity index (χ1n) is 9.77. The van der Waals surface area contributed by atoms with E-state index in [2.05, 4.69) is 5.32 Å². The molecule has 30 heavy (non-hydrogen) atoms. The molecule has 1 fully saturated rings. The zero-order valence-corrected chi connectivity index (χ0v) is 18.7. The fourth-order valence-electron chi connectivity index (χ4n) is 3.42. The van der Waals surface area contributed by atoms with Crippen molar-refractivity contribution in [3.05, 3.63) is 64.5 Å². The van der Waals surface area contributed by atoms with E-state index in [1.165, 1.54) is 9.71 Å². The Morgan fingerprint density at radius 3 is 2.43 bits per heavy atom. The molecule has 0 atom stereocenters. The van der Waals surface area contributed by atoms with Crippen LogP contribution in [0.25, 0.3) is 6.08 Å². The van der Waals surface area contributed by atoms with Gasteiger partial charge in [0.25, 0.3) is 0 Å². The first kappa shape index (κ1) is 22.3. The van der Waals surface area contributed by atoms with Crippen LogP contribution in [-0.4, -0.2) is 45.8 Å². The molecule has 0 unspecified atom stereocenters. The van der Waals surface area contributed by atoms with Gasteiger partial charge in [0.15, 0.2) is 0 Å². The van der Waals surface area contributed by atoms with Crippen LogP contribution in [0.4, 0.5) is 11.4 Å². The highest BCUT2D eigenvalue weighted by molar-refractivity contribution is 7.92. The summed E-state index contributed by atoms with van der Waals surface area (Å²) in [5.74, 6) is -0.360. The molecule has 0 aliphatic carbocycles. The van der Waals surface area contributed by atoms with Gasteiger partial charge in [0.2, 0.25) is 15.9 Å². The molecule has 1 aliphatic heterocycles. The number of piperidine rings is 1. The van der Waals surface area contributed by atoms with Gasteiger partial charge in [-0.05, 0) is 42.7 Å². The van der Waals surface area contributed by atoms with Gasteiger partial charge in [-0.25, -0.2) is 8.42 Å². The third kappa shape index (κ3) is 5.62. The van der Waals surface area contributed by atoms with Crippen molar-refractivity contribution in [2.45, 2.75) is 12.8 Å². The highest BCUT2D eigenvalue weighted by Gasteiger charge is 2.30. The first-order valence-corrected chi connectivity index (χ1v) is 11.7. The molecule has 2 aromatic rings. The molecule has 6 nitrogen and oxygen atoms in total. The lowest BCUT2D eigenvalue weighted by molar-refractivity contribution is -0.120. The topological polar surface area (TPSA) is 69.7 Å². The van der Waals surface area contributed by atoms with Gasteiger partial charge in [-0.3, -0.25) is 4.79 Å². The van der Waals surface area contributed by atoms with Crippen molar-refractivity contribution in [2.24, 2.45) is 5.92 Å². The number of rotatable bonds is 6. The molecule has 160 valence electrons. The number of hydrogen-bond acceptors (Lipinski definition) is 4. The summed E-state index contributed by atoms with van der Waals surface area (Å²) < 4.78 is 26.6. The largest absolute Gasteiger partial charge is 0.376 e. The van der Waals surface area contributed by atoms with Crippen LogP contribution in [0.5, 0.6) is 0 Å². The number of nitrogens with zero attached hydrogens (tertiary/aromatic N) is 2. The summed E-state index contributed by atoms with van der Waals surface area (Å²) in [6.07, 6.45) is 2.54. The Balaban J connectivity index is 1.61. The van der Waals surface area contributed by atoms with Gasteiger partial charge < -0.3 is 10.2 Å². The molecular weight excluding hydrogens is 422 g/mol. The Morgan fingerprint density at radius 1 is 1.13 bits per heavy atom. The average Bonchev–Trinajstić information content (AvgIpc) is 2.73. The molecule has 3 rings (SSSR count). The highest BCUT2D eigenvalue weighted by atomic mass is 35.5. The van der Waals surface area contributed by atoms with Crippen molar-refractivity contribution in [3.63, 3.8) is 0 Å². The Morgan fingerprint density at radius 2 is 1.80 bits per heavy atom. The summed E-state index contributed by atoms with van der Waals surface area (Å²) in [6, 6.07) is 14.7. The molecular formula is C22H26ClN3O3S. The maximum Gasteiger partial charge on any atom is 0.236 e. The third-order valence-electron chi connectivity index (χ3n) is 5.11. The van der Waals surface area contributed by atoms with Gasteiger partial charge in [-0.2, -0.15) is 4.31 Å². The average molecular weight is 448 g/mol. The van der Waals surface area contributed by atoms with E-state index in [1.807, 2.05) is 55.4 Å². The number of benzene rings is 2. The molecule has 0 saturated carbocycles. The summed E-state index contributed by atoms with van der Waals surface area (Å²) in [5.41, 5.74) is 2.34. The Labute approximate surface area is 183 Å². The number of nitrogens with one attached hydrogen (secondary N) is 1. The molecule has 0 radical (unpaired) electrons. The minimum Gasteiger partial charge on any atom is -0.376 e. The minimum absolute atomic E-state index is 0.114. The van der Waals surface area contributed by atoms with Crippen LogP contribution in [0.2, 0.25) is 5.02 Å². The maximum atomic E-state index is 12.8. The van der Waals surface area contributed by atoms with E-state index in [4.69, 9.17) is 11.6 Å². The van der Waals surface area contributed by atoms with Crippen LogP contribution in [0.15, 0.2) is 53.9 Å². The molecule has 1 saturated heterocycles. The summed E-state index contributed by atoms with van der Waals surface area (Å²) in [5, 5.41) is 4.73. The van der Waals surface area contributed by atoms with Crippen LogP contribution >= 0.6 is 11.6 Å². The number of amides is 1. The second-order valence-electron chi connectivity index (χ2n) is 7.48. The maximum absolute atomic E-state index is 12.8. The first-order chi connectivity index (χ1) is 14.3. The lowest BCUT2D eigenvalue weighted by Crippen LogP contribution is -2.40. The molecule has 0 bridgehead atoms. The fraction of sp³-hybridized carbons (Fsp3) is 0.318. The second-order valence-corrected chi connectivity index (χ2v) is 9.73. The monoisotopic (exact) mass is 447 g/mol. The SMILES string of the molecule is CN(C)c1ccc(Cl)cc1NC(=O)C1CCN(S(=O)(=O)/C=C/c2ccccc2)CC1. The lowest BCUT2D eigenvalue weighted by Gasteiger charge is -2.30. The van der Waals surface area contributed by atoms with Crippen molar-refractivity contribution in [2.75, 3.05) is 37.4 Å². The minimum atomic E-state index is -3.52. The molecule has 1 amide bonds. The molecule has 0 spiro atoms. The fourth-order valence-corrected chi connectivity index (χ4v) is 4.81. The lowest BCUT2D eigenvalue weighted by atomic mass is 9.97. The highest BCUT2D eigenvalue weighted by Crippen LogP contribution is 2.29. The van der Waals surface area contributed by atoms with Crippen molar-refractivity contribution < 1.29 is 13.2 Å². The van der Waals surface area contributed by atoms with E-state index < -0.39 is 10.0 Å². The summed E-state index contributed by atoms with van der Waals surface area (Å²) in [4.78, 5) is 14.7. The Bertz CT molecular complexity index is 1020. The second kappa shape index (κ2) is 9.64. The van der Waals surface area contributed by atoms with Crippen molar-refractivity contribution in [1.82, 2.24) is 4.31 Å². The van der Waals surface area contributed by atoms with Crippen LogP contribution in [0, 0.1) is 5.92 Å². The van der Waals surface area contributed by atoms with E-state index >= 15 is 0 Å². The van der Waals surface area contributed by atoms with Crippen LogP contribution in [0.1, 0.15) is 18.4 Å². The quantitative estimate of drug-likeness (QED) is 0.725. The smallest absolute Gasteiger partial charge is 0.236 e. The van der Waals surface area contributed by atoms with E-state index in [9.17, 15) is 13.2 Å². The zero-order chi connectivity index (χ0) is 21.7. The number of halogens is 1. The number of carbonyl (C=O) groups is 1. The normalized spacial score (nSPS) is 16.0. The Kier molecular flexibility index (Phi) is 7.18. The summed E-state index contributed by atoms with van der Waals surface area (Å²) in [6.45, 7) is 0.630. The predicted molar refractivity (Wildman–Crippen MR) is 123 cm³/mol. The van der Waals surface area contributed by atoms with Crippen molar-refractivity contribution in [3.8, 4) is 0 Å². The van der Waals surface area contributed by atoms with E-state index in [0.29, 0.717) is 36.6 Å². The summed E-state index contributed by atoms with van der Waals surface area (Å²) >= 11 is 6.08. The molecule has 1 aliphatic rings. The van der Waals surface area contributed by atoms with Gasteiger partial charge >= 0.3 is 0 Å². The number of sulfonamides is 1. The van der Waals surface area contributed by atoms with Gasteiger partial charge in [-0.1, -0.05) is 41.9 Å². The summed E-state index contributed by atoms with van der Waals surface area (Å²) in [7, 11) is 0.272. The van der Waals surface area contributed by atoms with Crippen LogP contribution < -0.4 is 10.2 Å². The number of carbonyl (C=O) groups excluding carboxylic acids is 1. The van der Waals surface area contributed by atoms with Crippen LogP contribution in [0.3, 0.4) is 0 Å². The number of hydrogen-bond donors (Lipinski definition) is 1. The van der Waals surface area contributed by atoms with Crippen molar-refractivity contribution in [1.29, 1.82) is 0 Å². The molecule has 1 N–H and O–H groups in total. The molecule has 2 aromatic carbocycles. The van der Waals surface area contributed by atoms with E-state index in [1.54, 1.807) is 18.2 Å². The third-order valence-corrected chi connectivity index (χ3v) is 6.91. The van der Waals surface area contributed by atoms with Crippen molar-refractivity contribution >= 4 is 45.0 Å². The van der Waals surface area contributed by atoms with Gasteiger partial charge in [-0.15, -0.1) is 0 Å². The van der Waals surface area contributed by atoms with Gasteiger partial charge in [0.05, 0.1) is 11.4 Å².